The lowest BCUT2D eigenvalue weighted by Crippen LogP contribution is -2.44. The van der Waals surface area contributed by atoms with E-state index >= 15 is 0 Å². The zero-order valence-electron chi connectivity index (χ0n) is 14.7. The molecule has 0 saturated carbocycles. The Bertz CT molecular complexity index is 1040. The van der Waals surface area contributed by atoms with Crippen molar-refractivity contribution in [2.24, 2.45) is 0 Å². The summed E-state index contributed by atoms with van der Waals surface area (Å²) in [6.07, 6.45) is 1.55. The number of amides is 1. The molecule has 2 aliphatic heterocycles. The van der Waals surface area contributed by atoms with Crippen LogP contribution in [0.4, 0.5) is 0 Å². The Hall–Kier alpha value is -2.95. The quantitative estimate of drug-likeness (QED) is 0.707. The number of carbonyl (C=O) groups is 1. The molecule has 3 heterocycles. The first-order valence-electron chi connectivity index (χ1n) is 8.77. The van der Waals surface area contributed by atoms with Crippen LogP contribution in [0.25, 0.3) is 11.0 Å². The third-order valence-corrected chi connectivity index (χ3v) is 5.55. The van der Waals surface area contributed by atoms with Gasteiger partial charge in [0, 0.05) is 23.9 Å². The Morgan fingerprint density at radius 2 is 1.88 bits per heavy atom. The number of furan rings is 1. The molecule has 5 rings (SSSR count). The van der Waals surface area contributed by atoms with Crippen LogP contribution in [-0.2, 0) is 12.8 Å². The van der Waals surface area contributed by atoms with E-state index in [1.165, 1.54) is 5.56 Å². The van der Waals surface area contributed by atoms with E-state index in [-0.39, 0.29) is 11.9 Å². The lowest BCUT2D eigenvalue weighted by Gasteiger charge is -2.40. The first kappa shape index (κ1) is 15.3. The fourth-order valence-corrected chi connectivity index (χ4v) is 4.29. The molecular weight excluding hydrogens is 330 g/mol. The first-order valence-corrected chi connectivity index (χ1v) is 8.77. The van der Waals surface area contributed by atoms with Gasteiger partial charge in [0.2, 0.25) is 0 Å². The van der Waals surface area contributed by atoms with Gasteiger partial charge in [-0.05, 0) is 35.7 Å². The molecule has 5 nitrogen and oxygen atoms in total. The predicted octanol–water partition coefficient (Wildman–Crippen LogP) is 3.75. The van der Waals surface area contributed by atoms with Gasteiger partial charge in [0.1, 0.15) is 5.58 Å². The second-order valence-corrected chi connectivity index (χ2v) is 6.78. The summed E-state index contributed by atoms with van der Waals surface area (Å²) in [5, 5.41) is 1.03. The van der Waals surface area contributed by atoms with Crippen molar-refractivity contribution in [1.29, 1.82) is 0 Å². The number of para-hydroxylation sites is 1. The largest absolute Gasteiger partial charge is 0.493 e. The Kier molecular flexibility index (Phi) is 3.26. The van der Waals surface area contributed by atoms with E-state index in [1.54, 1.807) is 14.2 Å². The van der Waals surface area contributed by atoms with E-state index in [9.17, 15) is 4.79 Å². The molecule has 26 heavy (non-hydrogen) atoms. The van der Waals surface area contributed by atoms with E-state index in [0.29, 0.717) is 18.1 Å². The Morgan fingerprint density at radius 3 is 2.69 bits per heavy atom. The minimum absolute atomic E-state index is 0.000405. The maximum absolute atomic E-state index is 13.1. The number of rotatable bonds is 2. The minimum atomic E-state index is -0.0205. The Morgan fingerprint density at radius 1 is 1.12 bits per heavy atom. The minimum Gasteiger partial charge on any atom is -0.493 e. The number of hydrogen-bond donors (Lipinski definition) is 0. The summed E-state index contributed by atoms with van der Waals surface area (Å²) in [5.41, 5.74) is 4.14. The molecule has 0 unspecified atom stereocenters. The van der Waals surface area contributed by atoms with E-state index in [4.69, 9.17) is 13.9 Å². The summed E-state index contributed by atoms with van der Waals surface area (Å²) < 4.78 is 16.8. The van der Waals surface area contributed by atoms with Crippen molar-refractivity contribution >= 4 is 16.9 Å². The molecule has 1 aromatic heterocycles. The highest BCUT2D eigenvalue weighted by atomic mass is 16.5. The van der Waals surface area contributed by atoms with E-state index < -0.39 is 0 Å². The maximum Gasteiger partial charge on any atom is 0.290 e. The smallest absolute Gasteiger partial charge is 0.290 e. The average Bonchev–Trinajstić information content (AvgIpc) is 3.06. The van der Waals surface area contributed by atoms with Crippen molar-refractivity contribution in [3.8, 4) is 11.5 Å². The van der Waals surface area contributed by atoms with Gasteiger partial charge in [0.25, 0.3) is 5.91 Å². The molecular formula is C21H19NO4. The van der Waals surface area contributed by atoms with Crippen LogP contribution in [0.1, 0.15) is 33.3 Å². The molecule has 0 aliphatic carbocycles. The number of fused-ring (bicyclic) bond motifs is 6. The van der Waals surface area contributed by atoms with E-state index in [0.717, 1.165) is 40.7 Å². The lowest BCUT2D eigenvalue weighted by molar-refractivity contribution is 0.0596. The lowest BCUT2D eigenvalue weighted by atomic mass is 9.85. The summed E-state index contributed by atoms with van der Waals surface area (Å²) in [4.78, 5) is 15.0. The van der Waals surface area contributed by atoms with Crippen LogP contribution in [0.3, 0.4) is 0 Å². The van der Waals surface area contributed by atoms with E-state index in [2.05, 4.69) is 0 Å². The Labute approximate surface area is 151 Å². The van der Waals surface area contributed by atoms with Crippen LogP contribution < -0.4 is 9.47 Å². The van der Waals surface area contributed by atoms with Crippen molar-refractivity contribution in [3.63, 3.8) is 0 Å². The summed E-state index contributed by atoms with van der Waals surface area (Å²) in [6, 6.07) is 11.9. The fraction of sp³-hybridized carbons (Fsp3) is 0.286. The fourth-order valence-electron chi connectivity index (χ4n) is 4.29. The predicted molar refractivity (Wildman–Crippen MR) is 96.9 cm³/mol. The van der Waals surface area contributed by atoms with Crippen molar-refractivity contribution < 1.29 is 18.7 Å². The summed E-state index contributed by atoms with van der Waals surface area (Å²) >= 11 is 0. The normalized spacial score (nSPS) is 18.3. The van der Waals surface area contributed by atoms with Gasteiger partial charge in [-0.25, -0.2) is 0 Å². The van der Waals surface area contributed by atoms with Gasteiger partial charge in [-0.3, -0.25) is 4.79 Å². The third kappa shape index (κ3) is 2.00. The van der Waals surface area contributed by atoms with Gasteiger partial charge in [-0.2, -0.15) is 0 Å². The highest BCUT2D eigenvalue weighted by molar-refractivity contribution is 6.00. The zero-order chi connectivity index (χ0) is 17.8. The van der Waals surface area contributed by atoms with Crippen LogP contribution >= 0.6 is 0 Å². The molecule has 2 aliphatic rings. The van der Waals surface area contributed by atoms with E-state index in [1.807, 2.05) is 41.3 Å². The molecule has 1 amide bonds. The van der Waals surface area contributed by atoms with Crippen LogP contribution in [0.15, 0.2) is 40.8 Å². The van der Waals surface area contributed by atoms with Crippen molar-refractivity contribution in [2.75, 3.05) is 20.8 Å². The second-order valence-electron chi connectivity index (χ2n) is 6.78. The summed E-state index contributed by atoms with van der Waals surface area (Å²) in [5.74, 6) is 1.90. The molecule has 0 fully saturated rings. The zero-order valence-corrected chi connectivity index (χ0v) is 14.7. The summed E-state index contributed by atoms with van der Waals surface area (Å²) in [6.45, 7) is 0.683. The van der Waals surface area contributed by atoms with Gasteiger partial charge in [-0.1, -0.05) is 18.2 Å². The third-order valence-electron chi connectivity index (χ3n) is 5.55. The number of hydrogen-bond acceptors (Lipinski definition) is 4. The molecule has 132 valence electrons. The molecule has 2 aromatic carbocycles. The number of methoxy groups -OCH3 is 2. The topological polar surface area (TPSA) is 51.9 Å². The SMILES string of the molecule is COc1cc2c(cc1OC)[C@H]1Cc3c(oc4ccccc34)C(=O)N1CC2. The van der Waals surface area contributed by atoms with Crippen molar-refractivity contribution in [3.05, 3.63) is 58.8 Å². The molecule has 3 aromatic rings. The van der Waals surface area contributed by atoms with Gasteiger partial charge in [-0.15, -0.1) is 0 Å². The molecule has 0 saturated heterocycles. The molecule has 0 spiro atoms. The van der Waals surface area contributed by atoms with Gasteiger partial charge in [0.05, 0.1) is 20.3 Å². The van der Waals surface area contributed by atoms with Crippen molar-refractivity contribution in [1.82, 2.24) is 4.90 Å². The molecule has 5 heteroatoms. The van der Waals surface area contributed by atoms with Gasteiger partial charge < -0.3 is 18.8 Å². The van der Waals surface area contributed by atoms with Crippen LogP contribution in [0.5, 0.6) is 11.5 Å². The highest BCUT2D eigenvalue weighted by Crippen LogP contribution is 2.44. The molecule has 0 radical (unpaired) electrons. The molecule has 0 N–H and O–H groups in total. The first-order chi connectivity index (χ1) is 12.7. The van der Waals surface area contributed by atoms with Crippen molar-refractivity contribution in [2.45, 2.75) is 18.9 Å². The number of nitrogens with zero attached hydrogens (tertiary/aromatic N) is 1. The molecule has 1 atom stereocenters. The summed E-state index contributed by atoms with van der Waals surface area (Å²) in [7, 11) is 3.28. The second kappa shape index (κ2) is 5.53. The average molecular weight is 349 g/mol. The number of benzene rings is 2. The highest BCUT2D eigenvalue weighted by Gasteiger charge is 2.40. The standard InChI is InChI=1S/C21H19NO4/c1-24-18-9-12-7-8-22-16(14(12)11-19(18)25-2)10-15-13-5-3-4-6-17(13)26-20(15)21(22)23/h3-6,9,11,16H,7-8,10H2,1-2H3/t16-/m1/s1. The van der Waals surface area contributed by atoms with Crippen LogP contribution in [0, 0.1) is 0 Å². The Balaban J connectivity index is 1.67. The number of carbonyl (C=O) groups excluding carboxylic acids is 1. The maximum atomic E-state index is 13.1. The van der Waals surface area contributed by atoms with Gasteiger partial charge in [0.15, 0.2) is 17.3 Å². The molecule has 0 bridgehead atoms. The van der Waals surface area contributed by atoms with Crippen LogP contribution in [-0.4, -0.2) is 31.6 Å². The monoisotopic (exact) mass is 349 g/mol. The number of ether oxygens (including phenoxy) is 2. The van der Waals surface area contributed by atoms with Crippen LogP contribution in [0.2, 0.25) is 0 Å². The van der Waals surface area contributed by atoms with Gasteiger partial charge >= 0.3 is 0 Å².